The lowest BCUT2D eigenvalue weighted by Crippen LogP contribution is -2.39. The Labute approximate surface area is 153 Å². The van der Waals surface area contributed by atoms with Gasteiger partial charge in [0.2, 0.25) is 0 Å². The van der Waals surface area contributed by atoms with Crippen LogP contribution in [0.5, 0.6) is 0 Å². The minimum Gasteiger partial charge on any atom is -0.396 e. The van der Waals surface area contributed by atoms with Gasteiger partial charge in [-0.3, -0.25) is 9.59 Å². The summed E-state index contributed by atoms with van der Waals surface area (Å²) < 4.78 is 0. The first-order valence-electron chi connectivity index (χ1n) is 8.86. The highest BCUT2D eigenvalue weighted by atomic mass is 16.3. The van der Waals surface area contributed by atoms with Crippen molar-refractivity contribution in [1.29, 1.82) is 0 Å². The van der Waals surface area contributed by atoms with Gasteiger partial charge in [-0.1, -0.05) is 17.7 Å². The summed E-state index contributed by atoms with van der Waals surface area (Å²) in [6.07, 6.45) is 1.63. The summed E-state index contributed by atoms with van der Waals surface area (Å²) in [5.74, 6) is 0.00146. The van der Waals surface area contributed by atoms with Crippen LogP contribution in [0.15, 0.2) is 42.5 Å². The molecule has 1 fully saturated rings. The van der Waals surface area contributed by atoms with Crippen LogP contribution in [0.1, 0.15) is 39.1 Å². The zero-order chi connectivity index (χ0) is 18.5. The van der Waals surface area contributed by atoms with E-state index in [-0.39, 0.29) is 24.3 Å². The number of nitrogens with one attached hydrogen (secondary N) is 1. The number of aliphatic hydroxyl groups is 1. The highest BCUT2D eigenvalue weighted by molar-refractivity contribution is 6.05. The number of hydrogen-bond acceptors (Lipinski definition) is 3. The molecule has 1 aliphatic rings. The molecule has 0 aromatic heterocycles. The van der Waals surface area contributed by atoms with Gasteiger partial charge < -0.3 is 15.3 Å². The van der Waals surface area contributed by atoms with E-state index in [4.69, 9.17) is 0 Å². The molecule has 26 heavy (non-hydrogen) atoms. The van der Waals surface area contributed by atoms with Crippen LogP contribution in [0.25, 0.3) is 0 Å². The number of nitrogens with zero attached hydrogens (tertiary/aromatic N) is 1. The second kappa shape index (κ2) is 8.15. The van der Waals surface area contributed by atoms with Gasteiger partial charge in [0.15, 0.2) is 0 Å². The SMILES string of the molecule is Cc1ccc(C(=O)Nc2c[c]cc(C(=O)N3CCC(CO)CC3)c2)cc1. The van der Waals surface area contributed by atoms with Gasteiger partial charge in [0.05, 0.1) is 0 Å². The van der Waals surface area contributed by atoms with Gasteiger partial charge in [-0.05, 0) is 62.1 Å². The molecule has 0 unspecified atom stereocenters. The summed E-state index contributed by atoms with van der Waals surface area (Å²) in [6, 6.07) is 15.2. The first-order valence-corrected chi connectivity index (χ1v) is 8.86. The van der Waals surface area contributed by atoms with E-state index in [1.165, 1.54) is 0 Å². The molecule has 2 aromatic rings. The number of hydrogen-bond donors (Lipinski definition) is 2. The average molecular weight is 351 g/mol. The van der Waals surface area contributed by atoms with Crippen molar-refractivity contribution in [2.24, 2.45) is 5.92 Å². The molecule has 2 amide bonds. The largest absolute Gasteiger partial charge is 0.396 e. The fraction of sp³-hybridized carbons (Fsp3) is 0.333. The monoisotopic (exact) mass is 351 g/mol. The molecule has 1 aliphatic heterocycles. The van der Waals surface area contributed by atoms with Crippen LogP contribution < -0.4 is 5.32 Å². The fourth-order valence-electron chi connectivity index (χ4n) is 3.08. The molecule has 0 saturated carbocycles. The van der Waals surface area contributed by atoms with Gasteiger partial charge in [-0.15, -0.1) is 0 Å². The van der Waals surface area contributed by atoms with Crippen LogP contribution in [0.4, 0.5) is 5.69 Å². The third kappa shape index (κ3) is 4.29. The maximum absolute atomic E-state index is 12.7. The van der Waals surface area contributed by atoms with Crippen LogP contribution in [0.2, 0.25) is 0 Å². The van der Waals surface area contributed by atoms with E-state index in [9.17, 15) is 14.7 Å². The molecule has 1 saturated heterocycles. The van der Waals surface area contributed by atoms with Crippen LogP contribution in [0, 0.1) is 18.9 Å². The van der Waals surface area contributed by atoms with E-state index in [0.29, 0.717) is 29.9 Å². The Morgan fingerprint density at radius 2 is 1.85 bits per heavy atom. The summed E-state index contributed by atoms with van der Waals surface area (Å²) in [7, 11) is 0. The number of aryl methyl sites for hydroxylation is 1. The van der Waals surface area contributed by atoms with Crippen molar-refractivity contribution in [2.75, 3.05) is 25.0 Å². The van der Waals surface area contributed by atoms with Gasteiger partial charge in [-0.2, -0.15) is 0 Å². The van der Waals surface area contributed by atoms with Gasteiger partial charge in [0, 0.05) is 36.5 Å². The molecule has 1 radical (unpaired) electrons. The van der Waals surface area contributed by atoms with E-state index in [1.807, 2.05) is 19.1 Å². The number of piperidine rings is 1. The molecular formula is C21H23N2O3. The first kappa shape index (κ1) is 18.1. The molecule has 5 nitrogen and oxygen atoms in total. The third-order valence-electron chi connectivity index (χ3n) is 4.77. The van der Waals surface area contributed by atoms with E-state index >= 15 is 0 Å². The lowest BCUT2D eigenvalue weighted by molar-refractivity contribution is 0.0650. The lowest BCUT2D eigenvalue weighted by atomic mass is 9.97. The number of anilines is 1. The van der Waals surface area contributed by atoms with Crippen LogP contribution in [-0.4, -0.2) is 41.5 Å². The van der Waals surface area contributed by atoms with Gasteiger partial charge in [0.1, 0.15) is 0 Å². The van der Waals surface area contributed by atoms with Crippen molar-refractivity contribution in [3.63, 3.8) is 0 Å². The number of rotatable bonds is 4. The summed E-state index contributed by atoms with van der Waals surface area (Å²) in [5, 5.41) is 12.0. The fourth-order valence-corrected chi connectivity index (χ4v) is 3.08. The zero-order valence-corrected chi connectivity index (χ0v) is 14.9. The lowest BCUT2D eigenvalue weighted by Gasteiger charge is -2.31. The van der Waals surface area contributed by atoms with Crippen molar-refractivity contribution >= 4 is 17.5 Å². The molecule has 0 spiro atoms. The topological polar surface area (TPSA) is 69.6 Å². The van der Waals surface area contributed by atoms with Crippen LogP contribution in [0.3, 0.4) is 0 Å². The molecular weight excluding hydrogens is 328 g/mol. The van der Waals surface area contributed by atoms with Crippen molar-refractivity contribution in [3.05, 3.63) is 65.2 Å². The van der Waals surface area contributed by atoms with E-state index < -0.39 is 0 Å². The van der Waals surface area contributed by atoms with Crippen LogP contribution >= 0.6 is 0 Å². The molecule has 2 aromatic carbocycles. The molecule has 3 rings (SSSR count). The summed E-state index contributed by atoms with van der Waals surface area (Å²) in [5.41, 5.74) is 2.71. The first-order chi connectivity index (χ1) is 12.6. The number of benzene rings is 2. The van der Waals surface area contributed by atoms with Gasteiger partial charge in [-0.25, -0.2) is 0 Å². The molecule has 5 heteroatoms. The Morgan fingerprint density at radius 1 is 1.15 bits per heavy atom. The Hall–Kier alpha value is -2.66. The molecule has 0 atom stereocenters. The average Bonchev–Trinajstić information content (AvgIpc) is 2.68. The second-order valence-electron chi connectivity index (χ2n) is 6.75. The van der Waals surface area contributed by atoms with Crippen molar-refractivity contribution in [2.45, 2.75) is 19.8 Å². The number of likely N-dealkylation sites (tertiary alicyclic amines) is 1. The second-order valence-corrected chi connectivity index (χ2v) is 6.75. The number of aliphatic hydroxyl groups excluding tert-OH is 1. The Kier molecular flexibility index (Phi) is 5.68. The van der Waals surface area contributed by atoms with Gasteiger partial charge >= 0.3 is 0 Å². The normalized spacial score (nSPS) is 14.9. The summed E-state index contributed by atoms with van der Waals surface area (Å²) >= 11 is 0. The Balaban J connectivity index is 1.67. The third-order valence-corrected chi connectivity index (χ3v) is 4.77. The minimum atomic E-state index is -0.216. The predicted molar refractivity (Wildman–Crippen MR) is 100 cm³/mol. The highest BCUT2D eigenvalue weighted by Crippen LogP contribution is 2.20. The number of amides is 2. The quantitative estimate of drug-likeness (QED) is 0.890. The minimum absolute atomic E-state index is 0.0657. The van der Waals surface area contributed by atoms with E-state index in [1.54, 1.807) is 35.2 Å². The Bertz CT molecular complexity index is 778. The maximum Gasteiger partial charge on any atom is 0.255 e. The molecule has 1 heterocycles. The summed E-state index contributed by atoms with van der Waals surface area (Å²) in [4.78, 5) is 26.8. The standard InChI is InChI=1S/C21H23N2O3/c1-15-5-7-17(8-6-15)20(25)22-19-4-2-3-18(13-19)21(26)23-11-9-16(14-24)10-12-23/h3-8,13,16,24H,9-12,14H2,1H3,(H,22,25). The van der Waals surface area contributed by atoms with Gasteiger partial charge in [0.25, 0.3) is 11.8 Å². The zero-order valence-electron chi connectivity index (χ0n) is 14.9. The molecule has 135 valence electrons. The summed E-state index contributed by atoms with van der Waals surface area (Å²) in [6.45, 7) is 3.43. The van der Waals surface area contributed by atoms with Crippen LogP contribution in [-0.2, 0) is 0 Å². The molecule has 2 N–H and O–H groups in total. The van der Waals surface area contributed by atoms with E-state index in [0.717, 1.165) is 18.4 Å². The predicted octanol–water partition coefficient (Wildman–Crippen LogP) is 2.89. The van der Waals surface area contributed by atoms with E-state index in [2.05, 4.69) is 11.4 Å². The van der Waals surface area contributed by atoms with Crippen molar-refractivity contribution < 1.29 is 14.7 Å². The van der Waals surface area contributed by atoms with Crippen molar-refractivity contribution in [3.8, 4) is 0 Å². The van der Waals surface area contributed by atoms with Crippen molar-refractivity contribution in [1.82, 2.24) is 4.90 Å². The molecule has 0 aliphatic carbocycles. The maximum atomic E-state index is 12.7. The highest BCUT2D eigenvalue weighted by Gasteiger charge is 2.23. The number of carbonyl (C=O) groups is 2. The number of carbonyl (C=O) groups excluding carboxylic acids is 2. The Morgan fingerprint density at radius 3 is 2.50 bits per heavy atom. The smallest absolute Gasteiger partial charge is 0.255 e. The molecule has 0 bridgehead atoms.